The van der Waals surface area contributed by atoms with Crippen molar-refractivity contribution in [3.05, 3.63) is 60.4 Å². The van der Waals surface area contributed by atoms with Crippen LogP contribution in [0.4, 0.5) is 10.5 Å². The van der Waals surface area contributed by atoms with Crippen molar-refractivity contribution in [3.63, 3.8) is 0 Å². The van der Waals surface area contributed by atoms with Crippen molar-refractivity contribution in [1.82, 2.24) is 10.2 Å². The number of nitrogens with one attached hydrogen (secondary N) is 2. The molecule has 1 fully saturated rings. The Morgan fingerprint density at radius 3 is 2.58 bits per heavy atom. The van der Waals surface area contributed by atoms with Crippen molar-refractivity contribution in [3.8, 4) is 5.75 Å². The number of carbonyl (C=O) groups excluding carboxylic acids is 2. The molecule has 0 aliphatic carbocycles. The van der Waals surface area contributed by atoms with E-state index in [2.05, 4.69) is 17.6 Å². The average Bonchev–Trinajstić information content (AvgIpc) is 3.28. The first kappa shape index (κ1) is 22.7. The van der Waals surface area contributed by atoms with Crippen LogP contribution in [0, 0.1) is 5.92 Å². The zero-order valence-electron chi connectivity index (χ0n) is 19.0. The molecule has 2 aromatic carbocycles. The fourth-order valence-electron chi connectivity index (χ4n) is 3.96. The average molecular weight is 450 g/mol. The van der Waals surface area contributed by atoms with E-state index in [4.69, 9.17) is 9.15 Å². The lowest BCUT2D eigenvalue weighted by Crippen LogP contribution is -2.42. The smallest absolute Gasteiger partial charge is 0.319 e. The summed E-state index contributed by atoms with van der Waals surface area (Å²) < 4.78 is 11.4. The number of furan rings is 1. The molecule has 1 aromatic heterocycles. The summed E-state index contributed by atoms with van der Waals surface area (Å²) in [5.74, 6) is 1.45. The molecule has 7 nitrogen and oxygen atoms in total. The lowest BCUT2D eigenvalue weighted by atomic mass is 9.96. The van der Waals surface area contributed by atoms with Crippen LogP contribution < -0.4 is 15.4 Å². The number of anilines is 1. The zero-order valence-corrected chi connectivity index (χ0v) is 19.0. The number of carbonyl (C=O) groups is 2. The molecule has 3 aromatic rings. The van der Waals surface area contributed by atoms with Gasteiger partial charge in [-0.05, 0) is 61.6 Å². The number of hydrogen-bond acceptors (Lipinski definition) is 4. The second kappa shape index (κ2) is 10.9. The summed E-state index contributed by atoms with van der Waals surface area (Å²) in [4.78, 5) is 26.9. The summed E-state index contributed by atoms with van der Waals surface area (Å²) in [6.45, 7) is 4.72. The third-order valence-electron chi connectivity index (χ3n) is 5.97. The van der Waals surface area contributed by atoms with E-state index >= 15 is 0 Å². The number of likely N-dealkylation sites (tertiary alicyclic amines) is 1. The van der Waals surface area contributed by atoms with E-state index in [1.165, 1.54) is 0 Å². The Kier molecular flexibility index (Phi) is 7.50. The number of ether oxygens (including phenoxy) is 1. The standard InChI is InChI=1S/C26H31N3O4/c1-2-3-16-32-22-10-8-21(9-11-22)28-26(31)27-18-19-12-14-29(15-13-19)25(30)24-17-20-6-4-5-7-23(20)33-24/h4-11,17,19H,2-3,12-16,18H2,1H3,(H2,27,28,31). The van der Waals surface area contributed by atoms with Crippen LogP contribution in [0.2, 0.25) is 0 Å². The van der Waals surface area contributed by atoms with E-state index in [1.807, 2.05) is 53.4 Å². The number of amides is 3. The molecule has 1 saturated heterocycles. The summed E-state index contributed by atoms with van der Waals surface area (Å²) in [6.07, 6.45) is 3.80. The van der Waals surface area contributed by atoms with Crippen LogP contribution in [0.3, 0.4) is 0 Å². The molecule has 1 aliphatic heterocycles. The minimum Gasteiger partial charge on any atom is -0.494 e. The van der Waals surface area contributed by atoms with Gasteiger partial charge in [-0.15, -0.1) is 0 Å². The van der Waals surface area contributed by atoms with Gasteiger partial charge in [-0.3, -0.25) is 4.79 Å². The van der Waals surface area contributed by atoms with Gasteiger partial charge in [0.25, 0.3) is 5.91 Å². The minimum atomic E-state index is -0.226. The molecule has 3 amide bonds. The Morgan fingerprint density at radius 1 is 1.09 bits per heavy atom. The van der Waals surface area contributed by atoms with E-state index in [0.717, 1.165) is 48.1 Å². The number of fused-ring (bicyclic) bond motifs is 1. The molecular weight excluding hydrogens is 418 g/mol. The molecule has 2 heterocycles. The molecule has 0 atom stereocenters. The molecule has 33 heavy (non-hydrogen) atoms. The maximum absolute atomic E-state index is 12.8. The Balaban J connectivity index is 1.18. The number of unbranched alkanes of at least 4 members (excludes halogenated alkanes) is 1. The second-order valence-electron chi connectivity index (χ2n) is 8.45. The van der Waals surface area contributed by atoms with E-state index in [0.29, 0.717) is 37.9 Å². The van der Waals surface area contributed by atoms with E-state index in [-0.39, 0.29) is 11.9 Å². The number of nitrogens with zero attached hydrogens (tertiary/aromatic N) is 1. The molecule has 4 rings (SSSR count). The van der Waals surface area contributed by atoms with Crippen LogP contribution in [0.15, 0.2) is 59.0 Å². The highest BCUT2D eigenvalue weighted by Crippen LogP contribution is 2.23. The van der Waals surface area contributed by atoms with Crippen molar-refractivity contribution in [1.29, 1.82) is 0 Å². The van der Waals surface area contributed by atoms with E-state index < -0.39 is 0 Å². The number of rotatable bonds is 8. The summed E-state index contributed by atoms with van der Waals surface area (Å²) in [5, 5.41) is 6.74. The molecule has 2 N–H and O–H groups in total. The van der Waals surface area contributed by atoms with Gasteiger partial charge in [0, 0.05) is 30.7 Å². The van der Waals surface area contributed by atoms with Crippen molar-refractivity contribution in [2.24, 2.45) is 5.92 Å². The lowest BCUT2D eigenvalue weighted by Gasteiger charge is -2.31. The zero-order chi connectivity index (χ0) is 23.0. The maximum Gasteiger partial charge on any atom is 0.319 e. The van der Waals surface area contributed by atoms with Gasteiger partial charge in [0.2, 0.25) is 0 Å². The van der Waals surface area contributed by atoms with Gasteiger partial charge in [0.1, 0.15) is 11.3 Å². The monoisotopic (exact) mass is 449 g/mol. The van der Waals surface area contributed by atoms with Gasteiger partial charge in [-0.1, -0.05) is 31.5 Å². The third kappa shape index (κ3) is 6.06. The number of benzene rings is 2. The number of para-hydroxylation sites is 1. The summed E-state index contributed by atoms with van der Waals surface area (Å²) in [6, 6.07) is 16.6. The van der Waals surface area contributed by atoms with Crippen LogP contribution in [-0.2, 0) is 0 Å². The Labute approximate surface area is 194 Å². The highest BCUT2D eigenvalue weighted by molar-refractivity contribution is 5.96. The Hall–Kier alpha value is -3.48. The predicted molar refractivity (Wildman–Crippen MR) is 129 cm³/mol. The fourth-order valence-corrected chi connectivity index (χ4v) is 3.96. The first-order valence-electron chi connectivity index (χ1n) is 11.7. The van der Waals surface area contributed by atoms with E-state index in [1.54, 1.807) is 6.07 Å². The first-order valence-corrected chi connectivity index (χ1v) is 11.7. The topological polar surface area (TPSA) is 83.8 Å². The van der Waals surface area contributed by atoms with Crippen LogP contribution >= 0.6 is 0 Å². The SMILES string of the molecule is CCCCOc1ccc(NC(=O)NCC2CCN(C(=O)c3cc4ccccc4o3)CC2)cc1. The highest BCUT2D eigenvalue weighted by atomic mass is 16.5. The van der Waals surface area contributed by atoms with Gasteiger partial charge in [-0.2, -0.15) is 0 Å². The third-order valence-corrected chi connectivity index (χ3v) is 5.97. The summed E-state index contributed by atoms with van der Waals surface area (Å²) in [5.41, 5.74) is 1.45. The maximum atomic E-state index is 12.8. The number of hydrogen-bond donors (Lipinski definition) is 2. The molecule has 0 radical (unpaired) electrons. The summed E-state index contributed by atoms with van der Waals surface area (Å²) in [7, 11) is 0. The summed E-state index contributed by atoms with van der Waals surface area (Å²) >= 11 is 0. The second-order valence-corrected chi connectivity index (χ2v) is 8.45. The van der Waals surface area contributed by atoms with Gasteiger partial charge in [0.05, 0.1) is 6.61 Å². The number of piperidine rings is 1. The molecule has 174 valence electrons. The van der Waals surface area contributed by atoms with E-state index in [9.17, 15) is 9.59 Å². The van der Waals surface area contributed by atoms with Crippen molar-refractivity contribution in [2.45, 2.75) is 32.6 Å². The minimum absolute atomic E-state index is 0.0718. The molecule has 0 spiro atoms. The first-order chi connectivity index (χ1) is 16.1. The quantitative estimate of drug-likeness (QED) is 0.458. The molecule has 0 unspecified atom stereocenters. The fraction of sp³-hybridized carbons (Fsp3) is 0.385. The van der Waals surface area contributed by atoms with Crippen LogP contribution in [-0.4, -0.2) is 43.1 Å². The Morgan fingerprint density at radius 2 is 1.85 bits per heavy atom. The van der Waals surface area contributed by atoms with Gasteiger partial charge in [-0.25, -0.2) is 4.79 Å². The van der Waals surface area contributed by atoms with Gasteiger partial charge >= 0.3 is 6.03 Å². The molecule has 0 bridgehead atoms. The van der Waals surface area contributed by atoms with Crippen molar-refractivity contribution < 1.29 is 18.7 Å². The number of urea groups is 1. The van der Waals surface area contributed by atoms with Crippen LogP contribution in [0.25, 0.3) is 11.0 Å². The molecule has 0 saturated carbocycles. The lowest BCUT2D eigenvalue weighted by molar-refractivity contribution is 0.0661. The van der Waals surface area contributed by atoms with Crippen molar-refractivity contribution >= 4 is 28.6 Å². The Bertz CT molecular complexity index is 1040. The molecule has 7 heteroatoms. The highest BCUT2D eigenvalue weighted by Gasteiger charge is 2.26. The molecule has 1 aliphatic rings. The normalized spacial score (nSPS) is 14.3. The van der Waals surface area contributed by atoms with Gasteiger partial charge < -0.3 is 24.7 Å². The van der Waals surface area contributed by atoms with Crippen molar-refractivity contribution in [2.75, 3.05) is 31.6 Å². The van der Waals surface area contributed by atoms with Crippen LogP contribution in [0.1, 0.15) is 43.2 Å². The largest absolute Gasteiger partial charge is 0.494 e. The predicted octanol–water partition coefficient (Wildman–Crippen LogP) is 5.29. The van der Waals surface area contributed by atoms with Gasteiger partial charge in [0.15, 0.2) is 5.76 Å². The van der Waals surface area contributed by atoms with Crippen LogP contribution in [0.5, 0.6) is 5.75 Å². The molecular formula is C26H31N3O4.